The van der Waals surface area contributed by atoms with Crippen LogP contribution in [-0.2, 0) is 7.05 Å². The lowest BCUT2D eigenvalue weighted by atomic mass is 10.1. The molecule has 0 saturated heterocycles. The first-order valence-corrected chi connectivity index (χ1v) is 6.12. The highest BCUT2D eigenvalue weighted by Gasteiger charge is 2.17. The smallest absolute Gasteiger partial charge is 0.241 e. The van der Waals surface area contributed by atoms with E-state index in [0.717, 1.165) is 5.69 Å². The molecule has 0 spiro atoms. The van der Waals surface area contributed by atoms with Gasteiger partial charge < -0.3 is 10.5 Å². The van der Waals surface area contributed by atoms with Crippen LogP contribution in [0.4, 0.5) is 5.69 Å². The summed E-state index contributed by atoms with van der Waals surface area (Å²) in [6.45, 7) is 4.09. The summed E-state index contributed by atoms with van der Waals surface area (Å²) in [6, 6.07) is 7.13. The van der Waals surface area contributed by atoms with Crippen LogP contribution in [0.25, 0.3) is 0 Å². The van der Waals surface area contributed by atoms with E-state index in [2.05, 4.69) is 5.10 Å². The van der Waals surface area contributed by atoms with Crippen molar-refractivity contribution < 1.29 is 4.74 Å². The second-order valence-corrected chi connectivity index (χ2v) is 4.87. The molecule has 0 aliphatic rings. The van der Waals surface area contributed by atoms with Gasteiger partial charge in [-0.25, -0.2) is 4.68 Å². The molecule has 0 radical (unpaired) electrons. The molecule has 0 aliphatic heterocycles. The molecule has 18 heavy (non-hydrogen) atoms. The SMILES string of the molecule is CC(C)c1nn(C)c(Oc2ccc(Cl)cc2)c1N. The molecule has 0 bridgehead atoms. The van der Waals surface area contributed by atoms with E-state index in [-0.39, 0.29) is 5.92 Å². The van der Waals surface area contributed by atoms with Gasteiger partial charge in [0.05, 0.1) is 5.69 Å². The zero-order valence-electron chi connectivity index (χ0n) is 10.6. The van der Waals surface area contributed by atoms with Gasteiger partial charge in [-0.2, -0.15) is 5.10 Å². The van der Waals surface area contributed by atoms with Crippen molar-refractivity contribution in [2.24, 2.45) is 7.05 Å². The molecule has 0 unspecified atom stereocenters. The van der Waals surface area contributed by atoms with E-state index >= 15 is 0 Å². The summed E-state index contributed by atoms with van der Waals surface area (Å²) in [7, 11) is 1.81. The molecule has 96 valence electrons. The summed E-state index contributed by atoms with van der Waals surface area (Å²) in [4.78, 5) is 0. The predicted octanol–water partition coefficient (Wildman–Crippen LogP) is 3.57. The summed E-state index contributed by atoms with van der Waals surface area (Å²) >= 11 is 5.83. The molecule has 0 aliphatic carbocycles. The standard InChI is InChI=1S/C13H16ClN3O/c1-8(2)12-11(15)13(17(3)16-12)18-10-6-4-9(14)5-7-10/h4-8H,15H2,1-3H3. The molecule has 0 amide bonds. The lowest BCUT2D eigenvalue weighted by molar-refractivity contribution is 0.432. The molecule has 4 nitrogen and oxygen atoms in total. The van der Waals surface area contributed by atoms with Crippen LogP contribution >= 0.6 is 11.6 Å². The third-order valence-electron chi connectivity index (χ3n) is 2.63. The van der Waals surface area contributed by atoms with Crippen LogP contribution in [0.2, 0.25) is 5.02 Å². The average molecular weight is 266 g/mol. The quantitative estimate of drug-likeness (QED) is 0.923. The Bertz CT molecular complexity index is 546. The average Bonchev–Trinajstić information content (AvgIpc) is 2.60. The first-order chi connectivity index (χ1) is 8.49. The van der Waals surface area contributed by atoms with Crippen LogP contribution < -0.4 is 10.5 Å². The lowest BCUT2D eigenvalue weighted by Crippen LogP contribution is -1.96. The Kier molecular flexibility index (Phi) is 3.48. The molecular formula is C13H16ClN3O. The predicted molar refractivity (Wildman–Crippen MR) is 73.2 cm³/mol. The normalized spacial score (nSPS) is 10.9. The third kappa shape index (κ3) is 2.43. The van der Waals surface area contributed by atoms with E-state index in [9.17, 15) is 0 Å². The van der Waals surface area contributed by atoms with Gasteiger partial charge in [0.15, 0.2) is 0 Å². The van der Waals surface area contributed by atoms with Gasteiger partial charge in [-0.1, -0.05) is 25.4 Å². The molecule has 1 aromatic carbocycles. The fourth-order valence-electron chi connectivity index (χ4n) is 1.71. The molecular weight excluding hydrogens is 250 g/mol. The number of hydrogen-bond donors (Lipinski definition) is 1. The van der Waals surface area contributed by atoms with E-state index < -0.39 is 0 Å². The first-order valence-electron chi connectivity index (χ1n) is 5.75. The maximum Gasteiger partial charge on any atom is 0.241 e. The topological polar surface area (TPSA) is 53.1 Å². The van der Waals surface area contributed by atoms with E-state index in [1.807, 2.05) is 20.9 Å². The zero-order valence-corrected chi connectivity index (χ0v) is 11.4. The fourth-order valence-corrected chi connectivity index (χ4v) is 1.83. The molecule has 0 atom stereocenters. The molecule has 2 rings (SSSR count). The van der Waals surface area contributed by atoms with Gasteiger partial charge in [-0.05, 0) is 30.2 Å². The van der Waals surface area contributed by atoms with Gasteiger partial charge in [0, 0.05) is 12.1 Å². The highest BCUT2D eigenvalue weighted by atomic mass is 35.5. The van der Waals surface area contributed by atoms with Crippen molar-refractivity contribution in [2.75, 3.05) is 5.73 Å². The molecule has 1 aromatic heterocycles. The maximum atomic E-state index is 6.05. The van der Waals surface area contributed by atoms with E-state index in [4.69, 9.17) is 22.1 Å². The second-order valence-electron chi connectivity index (χ2n) is 4.44. The number of nitrogens with two attached hydrogens (primary N) is 1. The molecule has 2 N–H and O–H groups in total. The third-order valence-corrected chi connectivity index (χ3v) is 2.89. The minimum Gasteiger partial charge on any atom is -0.437 e. The number of benzene rings is 1. The number of aryl methyl sites for hydroxylation is 1. The molecule has 5 heteroatoms. The summed E-state index contributed by atoms with van der Waals surface area (Å²) in [5, 5.41) is 5.03. The van der Waals surface area contributed by atoms with Crippen molar-refractivity contribution in [3.63, 3.8) is 0 Å². The minimum absolute atomic E-state index is 0.263. The van der Waals surface area contributed by atoms with Crippen LogP contribution in [0.15, 0.2) is 24.3 Å². The molecule has 1 heterocycles. The largest absolute Gasteiger partial charge is 0.437 e. The zero-order chi connectivity index (χ0) is 13.3. The van der Waals surface area contributed by atoms with E-state index in [0.29, 0.717) is 22.3 Å². The summed E-state index contributed by atoms with van der Waals surface area (Å²) < 4.78 is 7.39. The van der Waals surface area contributed by atoms with Crippen molar-refractivity contribution in [1.82, 2.24) is 9.78 Å². The van der Waals surface area contributed by atoms with Gasteiger partial charge in [-0.15, -0.1) is 0 Å². The second kappa shape index (κ2) is 4.90. The van der Waals surface area contributed by atoms with Crippen LogP contribution in [-0.4, -0.2) is 9.78 Å². The van der Waals surface area contributed by atoms with Gasteiger partial charge in [0.2, 0.25) is 5.88 Å². The van der Waals surface area contributed by atoms with Crippen LogP contribution in [0.1, 0.15) is 25.5 Å². The number of aromatic nitrogens is 2. The summed E-state index contributed by atoms with van der Waals surface area (Å²) in [6.07, 6.45) is 0. The number of hydrogen-bond acceptors (Lipinski definition) is 3. The lowest BCUT2D eigenvalue weighted by Gasteiger charge is -2.06. The highest BCUT2D eigenvalue weighted by molar-refractivity contribution is 6.30. The Morgan fingerprint density at radius 3 is 2.39 bits per heavy atom. The molecule has 0 fully saturated rings. The Hall–Kier alpha value is -1.68. The van der Waals surface area contributed by atoms with Crippen LogP contribution in [0, 0.1) is 0 Å². The van der Waals surface area contributed by atoms with Crippen molar-refractivity contribution in [2.45, 2.75) is 19.8 Å². The van der Waals surface area contributed by atoms with Crippen molar-refractivity contribution in [1.29, 1.82) is 0 Å². The number of anilines is 1. The van der Waals surface area contributed by atoms with Gasteiger partial charge in [0.1, 0.15) is 11.4 Å². The fraction of sp³-hybridized carbons (Fsp3) is 0.308. The first kappa shape index (κ1) is 12.8. The highest BCUT2D eigenvalue weighted by Crippen LogP contribution is 2.33. The van der Waals surface area contributed by atoms with Gasteiger partial charge in [-0.3, -0.25) is 0 Å². The Balaban J connectivity index is 2.32. The molecule has 2 aromatic rings. The Labute approximate surface area is 111 Å². The van der Waals surface area contributed by atoms with Crippen molar-refractivity contribution in [3.8, 4) is 11.6 Å². The Morgan fingerprint density at radius 1 is 1.28 bits per heavy atom. The van der Waals surface area contributed by atoms with Crippen LogP contribution in [0.3, 0.4) is 0 Å². The van der Waals surface area contributed by atoms with Crippen molar-refractivity contribution in [3.05, 3.63) is 35.0 Å². The monoisotopic (exact) mass is 265 g/mol. The van der Waals surface area contributed by atoms with Gasteiger partial charge >= 0.3 is 0 Å². The Morgan fingerprint density at radius 2 is 1.89 bits per heavy atom. The van der Waals surface area contributed by atoms with Gasteiger partial charge in [0.25, 0.3) is 0 Å². The summed E-state index contributed by atoms with van der Waals surface area (Å²) in [5.41, 5.74) is 7.48. The minimum atomic E-state index is 0.263. The number of ether oxygens (including phenoxy) is 1. The number of rotatable bonds is 3. The molecule has 0 saturated carbocycles. The maximum absolute atomic E-state index is 6.05. The number of nitrogen functional groups attached to an aromatic ring is 1. The summed E-state index contributed by atoms with van der Waals surface area (Å²) in [5.74, 6) is 1.50. The van der Waals surface area contributed by atoms with E-state index in [1.54, 1.807) is 28.9 Å². The van der Waals surface area contributed by atoms with Crippen molar-refractivity contribution >= 4 is 17.3 Å². The van der Waals surface area contributed by atoms with E-state index in [1.165, 1.54) is 0 Å². The number of halogens is 1. The van der Waals surface area contributed by atoms with Crippen LogP contribution in [0.5, 0.6) is 11.6 Å². The number of nitrogens with zero attached hydrogens (tertiary/aromatic N) is 2.